The summed E-state index contributed by atoms with van der Waals surface area (Å²) in [4.78, 5) is 2.34. The molecule has 0 unspecified atom stereocenters. The molecule has 64 heavy (non-hydrogen) atoms. The fourth-order valence-corrected chi connectivity index (χ4v) is 8.74. The fourth-order valence-electron chi connectivity index (χ4n) is 8.74. The first kappa shape index (κ1) is 38.5. The van der Waals surface area contributed by atoms with E-state index in [1.54, 1.807) is 0 Å². The Morgan fingerprint density at radius 2 is 0.562 bits per heavy atom. The molecule has 0 fully saturated rings. The van der Waals surface area contributed by atoms with Crippen molar-refractivity contribution in [2.75, 3.05) is 4.90 Å². The summed E-state index contributed by atoms with van der Waals surface area (Å²) in [5.41, 5.74) is 19.3. The van der Waals surface area contributed by atoms with Crippen molar-refractivity contribution in [2.24, 2.45) is 0 Å². The molecule has 1 heterocycles. The maximum atomic E-state index is 6.47. The largest absolute Gasteiger partial charge is 0.456 e. The molecular weight excluding hydrogens is 775 g/mol. The van der Waals surface area contributed by atoms with E-state index in [-0.39, 0.29) is 0 Å². The minimum Gasteiger partial charge on any atom is -0.456 e. The summed E-state index contributed by atoms with van der Waals surface area (Å²) in [5.74, 6) is 0.857. The van der Waals surface area contributed by atoms with Crippen molar-refractivity contribution in [3.8, 4) is 78.1 Å². The van der Waals surface area contributed by atoms with Gasteiger partial charge in [0.05, 0.1) is 0 Å². The highest BCUT2D eigenvalue weighted by Crippen LogP contribution is 2.41. The molecule has 0 aliphatic carbocycles. The van der Waals surface area contributed by atoms with Crippen LogP contribution in [0.3, 0.4) is 0 Å². The van der Waals surface area contributed by atoms with Crippen molar-refractivity contribution in [1.29, 1.82) is 0 Å². The number of rotatable bonds is 10. The number of hydrogen-bond acceptors (Lipinski definition) is 2. The smallest absolute Gasteiger partial charge is 0.136 e. The van der Waals surface area contributed by atoms with Gasteiger partial charge in [0.25, 0.3) is 0 Å². The van der Waals surface area contributed by atoms with E-state index in [9.17, 15) is 0 Å². The number of nitrogens with zero attached hydrogens (tertiary/aromatic N) is 1. The van der Waals surface area contributed by atoms with E-state index in [1.807, 2.05) is 12.1 Å². The third kappa shape index (κ3) is 7.81. The van der Waals surface area contributed by atoms with Crippen molar-refractivity contribution < 1.29 is 4.42 Å². The molecule has 0 atom stereocenters. The van der Waals surface area contributed by atoms with Crippen molar-refractivity contribution in [1.82, 2.24) is 0 Å². The second kappa shape index (κ2) is 17.1. The summed E-state index contributed by atoms with van der Waals surface area (Å²) in [6.45, 7) is 0. The summed E-state index contributed by atoms with van der Waals surface area (Å²) in [5, 5.41) is 1.09. The molecule has 0 saturated carbocycles. The molecule has 0 amide bonds. The monoisotopic (exact) mass is 817 g/mol. The fraction of sp³-hybridized carbons (Fsp3) is 0. The van der Waals surface area contributed by atoms with E-state index in [1.165, 1.54) is 44.5 Å². The predicted molar refractivity (Wildman–Crippen MR) is 269 cm³/mol. The van der Waals surface area contributed by atoms with Crippen LogP contribution in [0, 0.1) is 0 Å². The standard InChI is InChI=1S/C62H43NO/c1-4-12-44(13-5-1)46-20-24-48(25-21-46)50-28-35-56(36-29-50)63(57-37-30-51(31-38-57)49-26-22-47(23-27-49)45-14-6-2-7-15-45)58-39-32-52(33-40-58)54-34-41-59(53-16-8-3-9-17-53)60(42-54)62-43-55-18-10-11-19-61(55)64-62/h1-43H. The van der Waals surface area contributed by atoms with Gasteiger partial charge in [0, 0.05) is 28.0 Å². The normalized spacial score (nSPS) is 11.1. The second-order valence-corrected chi connectivity index (χ2v) is 16.1. The van der Waals surface area contributed by atoms with Crippen LogP contribution in [-0.4, -0.2) is 0 Å². The van der Waals surface area contributed by atoms with Gasteiger partial charge in [-0.3, -0.25) is 0 Å². The quantitative estimate of drug-likeness (QED) is 0.137. The van der Waals surface area contributed by atoms with Crippen LogP contribution in [0.15, 0.2) is 265 Å². The SMILES string of the molecule is c1ccc(-c2ccc(-c3ccc(N(c4ccc(-c5ccc(-c6ccccc6)cc5)cc4)c4ccc(-c5ccc(-c6ccccc6)c(-c6cc7ccccc7o6)c5)cc4)cc3)cc2)cc1. The maximum Gasteiger partial charge on any atom is 0.136 e. The van der Waals surface area contributed by atoms with Gasteiger partial charge in [-0.1, -0.05) is 206 Å². The highest BCUT2D eigenvalue weighted by atomic mass is 16.3. The number of furan rings is 1. The molecule has 0 radical (unpaired) electrons. The molecule has 10 aromatic carbocycles. The Labute approximate surface area is 374 Å². The molecule has 0 aliphatic rings. The Morgan fingerprint density at radius 1 is 0.234 bits per heavy atom. The summed E-state index contributed by atoms with van der Waals surface area (Å²) < 4.78 is 6.47. The third-order valence-electron chi connectivity index (χ3n) is 12.2. The van der Waals surface area contributed by atoms with Gasteiger partial charge < -0.3 is 9.32 Å². The van der Waals surface area contributed by atoms with E-state index < -0.39 is 0 Å². The van der Waals surface area contributed by atoms with Crippen LogP contribution in [0.5, 0.6) is 0 Å². The Morgan fingerprint density at radius 3 is 0.984 bits per heavy atom. The maximum absolute atomic E-state index is 6.47. The topological polar surface area (TPSA) is 16.4 Å². The average Bonchev–Trinajstić information content (AvgIpc) is 3.83. The van der Waals surface area contributed by atoms with Crippen LogP contribution < -0.4 is 4.90 Å². The van der Waals surface area contributed by atoms with Crippen molar-refractivity contribution >= 4 is 28.0 Å². The molecule has 2 heteroatoms. The first-order valence-corrected chi connectivity index (χ1v) is 21.8. The Hall–Kier alpha value is -8.46. The number of benzene rings is 10. The van der Waals surface area contributed by atoms with Crippen LogP contribution in [-0.2, 0) is 0 Å². The number of hydrogen-bond donors (Lipinski definition) is 0. The summed E-state index contributed by atoms with van der Waals surface area (Å²) >= 11 is 0. The van der Waals surface area contributed by atoms with Gasteiger partial charge >= 0.3 is 0 Å². The zero-order valence-electron chi connectivity index (χ0n) is 35.2. The second-order valence-electron chi connectivity index (χ2n) is 16.1. The molecule has 1 aromatic heterocycles. The Kier molecular flexibility index (Phi) is 10.3. The predicted octanol–water partition coefficient (Wildman–Crippen LogP) is 17.6. The summed E-state index contributed by atoms with van der Waals surface area (Å²) in [6.07, 6.45) is 0. The van der Waals surface area contributed by atoms with Gasteiger partial charge in [0.15, 0.2) is 0 Å². The number of fused-ring (bicyclic) bond motifs is 1. The van der Waals surface area contributed by atoms with Crippen molar-refractivity contribution in [3.05, 3.63) is 261 Å². The van der Waals surface area contributed by atoms with Crippen LogP contribution in [0.25, 0.3) is 89.1 Å². The van der Waals surface area contributed by atoms with Gasteiger partial charge in [-0.25, -0.2) is 0 Å². The first-order valence-electron chi connectivity index (χ1n) is 21.8. The minimum absolute atomic E-state index is 0.857. The average molecular weight is 818 g/mol. The lowest BCUT2D eigenvalue weighted by Crippen LogP contribution is -2.09. The van der Waals surface area contributed by atoms with Crippen molar-refractivity contribution in [2.45, 2.75) is 0 Å². The zero-order chi connectivity index (χ0) is 42.7. The van der Waals surface area contributed by atoms with Crippen LogP contribution in [0.1, 0.15) is 0 Å². The van der Waals surface area contributed by atoms with Gasteiger partial charge in [-0.05, 0) is 121 Å². The molecule has 2 nitrogen and oxygen atoms in total. The van der Waals surface area contributed by atoms with E-state index in [4.69, 9.17) is 4.42 Å². The summed E-state index contributed by atoms with van der Waals surface area (Å²) in [7, 11) is 0. The molecule has 302 valence electrons. The lowest BCUT2D eigenvalue weighted by atomic mass is 9.93. The third-order valence-corrected chi connectivity index (χ3v) is 12.2. The highest BCUT2D eigenvalue weighted by molar-refractivity contribution is 5.91. The number of anilines is 3. The lowest BCUT2D eigenvalue weighted by Gasteiger charge is -2.26. The van der Waals surface area contributed by atoms with Gasteiger partial charge in [-0.2, -0.15) is 0 Å². The number of para-hydroxylation sites is 1. The van der Waals surface area contributed by atoms with Gasteiger partial charge in [0.1, 0.15) is 11.3 Å². The van der Waals surface area contributed by atoms with E-state index in [2.05, 4.69) is 254 Å². The minimum atomic E-state index is 0.857. The molecule has 11 aromatic rings. The Balaban J connectivity index is 0.937. The van der Waals surface area contributed by atoms with Gasteiger partial charge in [0.2, 0.25) is 0 Å². The molecule has 0 bridgehead atoms. The lowest BCUT2D eigenvalue weighted by molar-refractivity contribution is 0.632. The van der Waals surface area contributed by atoms with Crippen LogP contribution in [0.2, 0.25) is 0 Å². The molecule has 0 N–H and O–H groups in total. The Bertz CT molecular complexity index is 3140. The van der Waals surface area contributed by atoms with Crippen molar-refractivity contribution in [3.63, 3.8) is 0 Å². The zero-order valence-corrected chi connectivity index (χ0v) is 35.2. The van der Waals surface area contributed by atoms with E-state index in [0.29, 0.717) is 0 Å². The first-order chi connectivity index (χ1) is 31.7. The van der Waals surface area contributed by atoms with Gasteiger partial charge in [-0.15, -0.1) is 0 Å². The van der Waals surface area contributed by atoms with E-state index >= 15 is 0 Å². The summed E-state index contributed by atoms with van der Waals surface area (Å²) in [6, 6.07) is 93.1. The molecule has 11 rings (SSSR count). The highest BCUT2D eigenvalue weighted by Gasteiger charge is 2.17. The van der Waals surface area contributed by atoms with Crippen LogP contribution in [0.4, 0.5) is 17.1 Å². The van der Waals surface area contributed by atoms with Crippen LogP contribution >= 0.6 is 0 Å². The molecule has 0 spiro atoms. The molecular formula is C62H43NO. The molecule has 0 saturated heterocycles. The molecule has 0 aliphatic heterocycles. The van der Waals surface area contributed by atoms with E-state index in [0.717, 1.165) is 61.6 Å².